The lowest BCUT2D eigenvalue weighted by atomic mass is 10.3. The van der Waals surface area contributed by atoms with Gasteiger partial charge in [-0.05, 0) is 42.3 Å². The summed E-state index contributed by atoms with van der Waals surface area (Å²) in [6, 6.07) is 11.7. The third-order valence-electron chi connectivity index (χ3n) is 3.54. The summed E-state index contributed by atoms with van der Waals surface area (Å²) in [4.78, 5) is 6.55. The van der Waals surface area contributed by atoms with Crippen molar-refractivity contribution in [1.82, 2.24) is 9.88 Å². The van der Waals surface area contributed by atoms with Crippen molar-refractivity contribution in [1.29, 1.82) is 0 Å². The highest BCUT2D eigenvalue weighted by molar-refractivity contribution is 5.41. The Morgan fingerprint density at radius 3 is 2.85 bits per heavy atom. The van der Waals surface area contributed by atoms with E-state index in [1.54, 1.807) is 6.20 Å². The normalized spacial score (nSPS) is 19.1. The molecule has 1 aliphatic rings. The van der Waals surface area contributed by atoms with E-state index in [9.17, 15) is 0 Å². The maximum Gasteiger partial charge on any atom is 0.119 e. The number of pyridine rings is 1. The third-order valence-corrected chi connectivity index (χ3v) is 3.54. The Kier molecular flexibility index (Phi) is 3.83. The number of ether oxygens (including phenoxy) is 1. The molecule has 0 spiro atoms. The van der Waals surface area contributed by atoms with Gasteiger partial charge < -0.3 is 10.5 Å². The van der Waals surface area contributed by atoms with Crippen molar-refractivity contribution in [3.8, 4) is 5.75 Å². The largest absolute Gasteiger partial charge is 0.489 e. The van der Waals surface area contributed by atoms with Crippen LogP contribution in [0, 0.1) is 0 Å². The van der Waals surface area contributed by atoms with Gasteiger partial charge in [-0.15, -0.1) is 0 Å². The van der Waals surface area contributed by atoms with E-state index in [0.717, 1.165) is 37.5 Å². The first kappa shape index (κ1) is 12.9. The summed E-state index contributed by atoms with van der Waals surface area (Å²) in [6.45, 7) is 2.96. The van der Waals surface area contributed by atoms with Crippen molar-refractivity contribution in [2.45, 2.75) is 19.1 Å². The van der Waals surface area contributed by atoms with Crippen LogP contribution in [0.5, 0.6) is 5.75 Å². The van der Waals surface area contributed by atoms with Crippen molar-refractivity contribution in [3.63, 3.8) is 0 Å². The molecule has 0 bridgehead atoms. The minimum atomic E-state index is 0.260. The van der Waals surface area contributed by atoms with Crippen molar-refractivity contribution in [3.05, 3.63) is 54.4 Å². The van der Waals surface area contributed by atoms with Crippen LogP contribution in [-0.4, -0.2) is 29.1 Å². The lowest BCUT2D eigenvalue weighted by Gasteiger charge is -2.16. The predicted octanol–water partition coefficient (Wildman–Crippen LogP) is 2.32. The van der Waals surface area contributed by atoms with Crippen LogP contribution >= 0.6 is 0 Å². The molecule has 1 aliphatic heterocycles. The van der Waals surface area contributed by atoms with Crippen LogP contribution in [0.15, 0.2) is 48.8 Å². The summed E-state index contributed by atoms with van der Waals surface area (Å²) in [6.07, 6.45) is 5.05. The zero-order valence-electron chi connectivity index (χ0n) is 11.4. The maximum atomic E-state index is 5.99. The zero-order chi connectivity index (χ0) is 13.8. The van der Waals surface area contributed by atoms with E-state index in [2.05, 4.69) is 16.0 Å². The summed E-state index contributed by atoms with van der Waals surface area (Å²) >= 11 is 0. The minimum absolute atomic E-state index is 0.260. The van der Waals surface area contributed by atoms with Gasteiger partial charge in [-0.25, -0.2) is 0 Å². The standard InChI is InChI=1S/C16H19N3O/c17-14-3-5-15(6-4-14)20-16-7-9-19(12-16)11-13-2-1-8-18-10-13/h1-6,8,10,16H,7,9,11-12,17H2. The topological polar surface area (TPSA) is 51.4 Å². The number of nitrogens with zero attached hydrogens (tertiary/aromatic N) is 2. The first-order valence-corrected chi connectivity index (χ1v) is 6.93. The van der Waals surface area contributed by atoms with Crippen molar-refractivity contribution in [2.75, 3.05) is 18.8 Å². The van der Waals surface area contributed by atoms with Crippen LogP contribution in [0.4, 0.5) is 5.69 Å². The van der Waals surface area contributed by atoms with E-state index in [1.165, 1.54) is 5.56 Å². The lowest BCUT2D eigenvalue weighted by Crippen LogP contribution is -2.24. The number of nitrogens with two attached hydrogens (primary N) is 1. The van der Waals surface area contributed by atoms with E-state index < -0.39 is 0 Å². The lowest BCUT2D eigenvalue weighted by molar-refractivity contribution is 0.198. The predicted molar refractivity (Wildman–Crippen MR) is 79.4 cm³/mol. The van der Waals surface area contributed by atoms with Gasteiger partial charge in [0.25, 0.3) is 0 Å². The van der Waals surface area contributed by atoms with Crippen LogP contribution in [0.2, 0.25) is 0 Å². The molecule has 3 rings (SSSR count). The van der Waals surface area contributed by atoms with Gasteiger partial charge in [-0.3, -0.25) is 9.88 Å². The molecule has 1 aromatic carbocycles. The highest BCUT2D eigenvalue weighted by Gasteiger charge is 2.23. The van der Waals surface area contributed by atoms with Gasteiger partial charge in [0, 0.05) is 37.7 Å². The average molecular weight is 269 g/mol. The molecule has 1 fully saturated rings. The molecule has 2 N–H and O–H groups in total. The van der Waals surface area contributed by atoms with Crippen LogP contribution in [0.1, 0.15) is 12.0 Å². The number of nitrogen functional groups attached to an aromatic ring is 1. The van der Waals surface area contributed by atoms with Crippen LogP contribution < -0.4 is 10.5 Å². The summed E-state index contributed by atoms with van der Waals surface area (Å²) in [5.74, 6) is 0.896. The second kappa shape index (κ2) is 5.92. The molecular formula is C16H19N3O. The number of rotatable bonds is 4. The number of likely N-dealkylation sites (tertiary alicyclic amines) is 1. The second-order valence-corrected chi connectivity index (χ2v) is 5.19. The van der Waals surface area contributed by atoms with Crippen molar-refractivity contribution < 1.29 is 4.74 Å². The van der Waals surface area contributed by atoms with E-state index in [1.807, 2.05) is 36.5 Å². The minimum Gasteiger partial charge on any atom is -0.489 e. The molecule has 20 heavy (non-hydrogen) atoms. The Labute approximate surface area is 119 Å². The summed E-state index contributed by atoms with van der Waals surface area (Å²) in [5.41, 5.74) is 7.69. The third kappa shape index (κ3) is 3.27. The molecule has 104 valence electrons. The number of hydrogen-bond donors (Lipinski definition) is 1. The molecule has 1 unspecified atom stereocenters. The van der Waals surface area contributed by atoms with Crippen molar-refractivity contribution in [2.24, 2.45) is 0 Å². The molecular weight excluding hydrogens is 250 g/mol. The van der Waals surface area contributed by atoms with Gasteiger partial charge >= 0.3 is 0 Å². The number of benzene rings is 1. The molecule has 2 aromatic rings. The van der Waals surface area contributed by atoms with E-state index in [-0.39, 0.29) is 6.10 Å². The highest BCUT2D eigenvalue weighted by atomic mass is 16.5. The summed E-state index contributed by atoms with van der Waals surface area (Å²) in [7, 11) is 0. The fourth-order valence-corrected chi connectivity index (χ4v) is 2.53. The SMILES string of the molecule is Nc1ccc(OC2CCN(Cc3cccnc3)C2)cc1. The van der Waals surface area contributed by atoms with E-state index in [4.69, 9.17) is 10.5 Å². The van der Waals surface area contributed by atoms with Gasteiger partial charge in [-0.2, -0.15) is 0 Å². The molecule has 4 heteroatoms. The van der Waals surface area contributed by atoms with Crippen molar-refractivity contribution >= 4 is 5.69 Å². The summed E-state index contributed by atoms with van der Waals surface area (Å²) < 4.78 is 5.99. The monoisotopic (exact) mass is 269 g/mol. The Balaban J connectivity index is 1.53. The Morgan fingerprint density at radius 1 is 1.25 bits per heavy atom. The number of aromatic nitrogens is 1. The molecule has 0 aliphatic carbocycles. The molecule has 4 nitrogen and oxygen atoms in total. The van der Waals surface area contributed by atoms with Gasteiger partial charge in [0.15, 0.2) is 0 Å². The Hall–Kier alpha value is -2.07. The van der Waals surface area contributed by atoms with Gasteiger partial charge in [0.1, 0.15) is 11.9 Å². The molecule has 1 atom stereocenters. The Bertz CT molecular complexity index is 541. The van der Waals surface area contributed by atoms with Gasteiger partial charge in [0.2, 0.25) is 0 Å². The van der Waals surface area contributed by atoms with Crippen LogP contribution in [0.3, 0.4) is 0 Å². The second-order valence-electron chi connectivity index (χ2n) is 5.19. The number of hydrogen-bond acceptors (Lipinski definition) is 4. The fourth-order valence-electron chi connectivity index (χ4n) is 2.53. The molecule has 0 saturated carbocycles. The van der Waals surface area contributed by atoms with Crippen LogP contribution in [-0.2, 0) is 6.54 Å². The average Bonchev–Trinajstić information content (AvgIpc) is 2.90. The molecule has 1 saturated heterocycles. The van der Waals surface area contributed by atoms with Crippen LogP contribution in [0.25, 0.3) is 0 Å². The first-order valence-electron chi connectivity index (χ1n) is 6.93. The first-order chi connectivity index (χ1) is 9.79. The van der Waals surface area contributed by atoms with E-state index in [0.29, 0.717) is 0 Å². The Morgan fingerprint density at radius 2 is 2.10 bits per heavy atom. The number of anilines is 1. The molecule has 2 heterocycles. The highest BCUT2D eigenvalue weighted by Crippen LogP contribution is 2.20. The smallest absolute Gasteiger partial charge is 0.119 e. The van der Waals surface area contributed by atoms with Gasteiger partial charge in [-0.1, -0.05) is 6.07 Å². The maximum absolute atomic E-state index is 5.99. The zero-order valence-corrected chi connectivity index (χ0v) is 11.4. The van der Waals surface area contributed by atoms with Gasteiger partial charge in [0.05, 0.1) is 0 Å². The molecule has 0 radical (unpaired) electrons. The van der Waals surface area contributed by atoms with E-state index >= 15 is 0 Å². The molecule has 0 amide bonds. The summed E-state index contributed by atoms with van der Waals surface area (Å²) in [5, 5.41) is 0. The quantitative estimate of drug-likeness (QED) is 0.865. The fraction of sp³-hybridized carbons (Fsp3) is 0.312. The molecule has 1 aromatic heterocycles.